The van der Waals surface area contributed by atoms with Crippen molar-refractivity contribution in [2.24, 2.45) is 5.92 Å². The van der Waals surface area contributed by atoms with Gasteiger partial charge in [-0.1, -0.05) is 6.92 Å². The van der Waals surface area contributed by atoms with Crippen molar-refractivity contribution in [3.63, 3.8) is 0 Å². The molecule has 0 aromatic carbocycles. The molecular formula is C12H24N2O2. The highest BCUT2D eigenvalue weighted by atomic mass is 16.6. The first-order valence-corrected chi connectivity index (χ1v) is 6.11. The lowest BCUT2D eigenvalue weighted by Crippen LogP contribution is -2.46. The van der Waals surface area contributed by atoms with Crippen LogP contribution in [0.2, 0.25) is 0 Å². The molecule has 0 radical (unpaired) electrons. The molecule has 1 rings (SSSR count). The monoisotopic (exact) mass is 228 g/mol. The Morgan fingerprint density at radius 1 is 1.38 bits per heavy atom. The van der Waals surface area contributed by atoms with E-state index in [2.05, 4.69) is 17.6 Å². The molecule has 0 bridgehead atoms. The molecule has 0 heterocycles. The minimum Gasteiger partial charge on any atom is -0.444 e. The molecule has 1 fully saturated rings. The fourth-order valence-electron chi connectivity index (χ4n) is 1.90. The molecule has 94 valence electrons. The number of carbonyl (C=O) groups is 1. The molecule has 0 saturated heterocycles. The van der Waals surface area contributed by atoms with Gasteiger partial charge in [-0.25, -0.2) is 4.79 Å². The van der Waals surface area contributed by atoms with Crippen LogP contribution in [-0.2, 0) is 4.74 Å². The molecule has 1 aliphatic carbocycles. The summed E-state index contributed by atoms with van der Waals surface area (Å²) >= 11 is 0. The van der Waals surface area contributed by atoms with Crippen molar-refractivity contribution in [2.75, 3.05) is 13.1 Å². The third-order valence-corrected chi connectivity index (χ3v) is 2.66. The standard InChI is InChI=1S/C12H24N2O2/c1-5-13-10-6-9(7-10)8-14-11(15)16-12(2,3)4/h9-10,13H,5-8H2,1-4H3,(H,14,15). The summed E-state index contributed by atoms with van der Waals surface area (Å²) in [6, 6.07) is 0.649. The lowest BCUT2D eigenvalue weighted by atomic mass is 9.80. The summed E-state index contributed by atoms with van der Waals surface area (Å²) in [7, 11) is 0. The van der Waals surface area contributed by atoms with Gasteiger partial charge in [0.25, 0.3) is 0 Å². The fraction of sp³-hybridized carbons (Fsp3) is 0.917. The Bertz CT molecular complexity index is 230. The number of hydrogen-bond donors (Lipinski definition) is 2. The Morgan fingerprint density at radius 3 is 2.50 bits per heavy atom. The van der Waals surface area contributed by atoms with E-state index in [1.54, 1.807) is 0 Å². The second kappa shape index (κ2) is 5.53. The van der Waals surface area contributed by atoms with Crippen LogP contribution in [0.25, 0.3) is 0 Å². The van der Waals surface area contributed by atoms with E-state index in [9.17, 15) is 4.79 Å². The molecular weight excluding hydrogens is 204 g/mol. The molecule has 0 aromatic heterocycles. The predicted molar refractivity (Wildman–Crippen MR) is 64.4 cm³/mol. The van der Waals surface area contributed by atoms with Crippen molar-refractivity contribution in [1.82, 2.24) is 10.6 Å². The lowest BCUT2D eigenvalue weighted by molar-refractivity contribution is 0.0504. The first-order chi connectivity index (χ1) is 7.40. The smallest absolute Gasteiger partial charge is 0.407 e. The third-order valence-electron chi connectivity index (χ3n) is 2.66. The molecule has 16 heavy (non-hydrogen) atoms. The lowest BCUT2D eigenvalue weighted by Gasteiger charge is -2.36. The normalized spacial score (nSPS) is 24.8. The molecule has 0 aliphatic heterocycles. The fourth-order valence-corrected chi connectivity index (χ4v) is 1.90. The quantitative estimate of drug-likeness (QED) is 0.772. The molecule has 4 heteroatoms. The van der Waals surface area contributed by atoms with Gasteiger partial charge in [-0.05, 0) is 46.1 Å². The minimum absolute atomic E-state index is 0.306. The number of carbonyl (C=O) groups excluding carboxylic acids is 1. The largest absolute Gasteiger partial charge is 0.444 e. The summed E-state index contributed by atoms with van der Waals surface area (Å²) in [5.74, 6) is 0.608. The number of amides is 1. The van der Waals surface area contributed by atoms with Gasteiger partial charge in [0.1, 0.15) is 5.60 Å². The van der Waals surface area contributed by atoms with Crippen LogP contribution in [0.4, 0.5) is 4.79 Å². The SMILES string of the molecule is CCNC1CC(CNC(=O)OC(C)(C)C)C1. The van der Waals surface area contributed by atoms with Gasteiger partial charge in [0.15, 0.2) is 0 Å². The second-order valence-corrected chi connectivity index (χ2v) is 5.47. The van der Waals surface area contributed by atoms with E-state index < -0.39 is 5.60 Å². The zero-order valence-electron chi connectivity index (χ0n) is 10.8. The Balaban J connectivity index is 2.06. The maximum atomic E-state index is 11.4. The van der Waals surface area contributed by atoms with E-state index in [0.29, 0.717) is 12.0 Å². The minimum atomic E-state index is -0.407. The highest BCUT2D eigenvalue weighted by Crippen LogP contribution is 2.26. The van der Waals surface area contributed by atoms with Crippen molar-refractivity contribution in [1.29, 1.82) is 0 Å². The Hall–Kier alpha value is -0.770. The number of alkyl carbamates (subject to hydrolysis) is 1. The molecule has 0 aromatic rings. The van der Waals surface area contributed by atoms with Crippen LogP contribution in [0.1, 0.15) is 40.5 Å². The maximum Gasteiger partial charge on any atom is 0.407 e. The zero-order chi connectivity index (χ0) is 12.2. The molecule has 1 saturated carbocycles. The van der Waals surface area contributed by atoms with E-state index in [4.69, 9.17) is 4.74 Å². The Morgan fingerprint density at radius 2 is 2.00 bits per heavy atom. The molecule has 1 aliphatic rings. The van der Waals surface area contributed by atoms with Crippen LogP contribution in [0, 0.1) is 5.92 Å². The molecule has 2 N–H and O–H groups in total. The van der Waals surface area contributed by atoms with Crippen LogP contribution < -0.4 is 10.6 Å². The van der Waals surface area contributed by atoms with E-state index in [1.165, 1.54) is 0 Å². The number of nitrogens with one attached hydrogen (secondary N) is 2. The van der Waals surface area contributed by atoms with Crippen molar-refractivity contribution in [2.45, 2.75) is 52.2 Å². The van der Waals surface area contributed by atoms with E-state index >= 15 is 0 Å². The summed E-state index contributed by atoms with van der Waals surface area (Å²) in [5.41, 5.74) is -0.407. The van der Waals surface area contributed by atoms with Crippen LogP contribution in [0.3, 0.4) is 0 Å². The average Bonchev–Trinajstić information content (AvgIpc) is 2.05. The van der Waals surface area contributed by atoms with Gasteiger partial charge in [-0.15, -0.1) is 0 Å². The Kier molecular flexibility index (Phi) is 4.59. The van der Waals surface area contributed by atoms with E-state index in [1.807, 2.05) is 20.8 Å². The van der Waals surface area contributed by atoms with Gasteiger partial charge in [-0.3, -0.25) is 0 Å². The summed E-state index contributed by atoms with van der Waals surface area (Å²) in [5, 5.41) is 6.21. The van der Waals surface area contributed by atoms with Crippen LogP contribution in [0.15, 0.2) is 0 Å². The summed E-state index contributed by atoms with van der Waals surface area (Å²) in [6.45, 7) is 9.49. The summed E-state index contributed by atoms with van der Waals surface area (Å²) < 4.78 is 5.17. The van der Waals surface area contributed by atoms with Gasteiger partial charge < -0.3 is 15.4 Å². The summed E-state index contributed by atoms with van der Waals surface area (Å²) in [4.78, 5) is 11.4. The molecule has 0 spiro atoms. The third kappa shape index (κ3) is 4.84. The first-order valence-electron chi connectivity index (χ1n) is 6.11. The van der Waals surface area contributed by atoms with Gasteiger partial charge in [0, 0.05) is 12.6 Å². The Labute approximate surface area is 98.1 Å². The van der Waals surface area contributed by atoms with Crippen molar-refractivity contribution in [3.8, 4) is 0 Å². The van der Waals surface area contributed by atoms with Crippen molar-refractivity contribution >= 4 is 6.09 Å². The summed E-state index contributed by atoms with van der Waals surface area (Å²) in [6.07, 6.45) is 2.01. The molecule has 4 nitrogen and oxygen atoms in total. The molecule has 1 amide bonds. The van der Waals surface area contributed by atoms with E-state index in [-0.39, 0.29) is 6.09 Å². The van der Waals surface area contributed by atoms with Gasteiger partial charge in [-0.2, -0.15) is 0 Å². The number of ether oxygens (including phenoxy) is 1. The van der Waals surface area contributed by atoms with Crippen LogP contribution in [0.5, 0.6) is 0 Å². The van der Waals surface area contributed by atoms with Crippen LogP contribution >= 0.6 is 0 Å². The van der Waals surface area contributed by atoms with Gasteiger partial charge >= 0.3 is 6.09 Å². The van der Waals surface area contributed by atoms with E-state index in [0.717, 1.165) is 25.9 Å². The second-order valence-electron chi connectivity index (χ2n) is 5.47. The zero-order valence-corrected chi connectivity index (χ0v) is 10.8. The van der Waals surface area contributed by atoms with Gasteiger partial charge in [0.2, 0.25) is 0 Å². The molecule has 0 atom stereocenters. The van der Waals surface area contributed by atoms with Gasteiger partial charge in [0.05, 0.1) is 0 Å². The maximum absolute atomic E-state index is 11.4. The topological polar surface area (TPSA) is 50.4 Å². The number of rotatable bonds is 4. The highest BCUT2D eigenvalue weighted by molar-refractivity contribution is 5.67. The van der Waals surface area contributed by atoms with Crippen LogP contribution in [-0.4, -0.2) is 30.8 Å². The number of hydrogen-bond acceptors (Lipinski definition) is 3. The highest BCUT2D eigenvalue weighted by Gasteiger charge is 2.28. The molecule has 0 unspecified atom stereocenters. The van der Waals surface area contributed by atoms with Crippen molar-refractivity contribution < 1.29 is 9.53 Å². The van der Waals surface area contributed by atoms with Crippen molar-refractivity contribution in [3.05, 3.63) is 0 Å². The first kappa shape index (κ1) is 13.3. The average molecular weight is 228 g/mol. The predicted octanol–water partition coefficient (Wildman–Crippen LogP) is 1.90.